The van der Waals surface area contributed by atoms with Gasteiger partial charge in [0.05, 0.1) is 35.6 Å². The van der Waals surface area contributed by atoms with E-state index < -0.39 is 11.5 Å². The number of rotatable bonds is 11. The van der Waals surface area contributed by atoms with E-state index in [1.807, 2.05) is 45.9 Å². The number of allylic oxidation sites excluding steroid dienone is 4. The van der Waals surface area contributed by atoms with Crippen molar-refractivity contribution in [2.24, 2.45) is 22.7 Å². The molecule has 3 atom stereocenters. The lowest BCUT2D eigenvalue weighted by Crippen LogP contribution is -2.30. The summed E-state index contributed by atoms with van der Waals surface area (Å²) in [5.74, 6) is -0.0366. The Balaban J connectivity index is 0.000000928. The van der Waals surface area contributed by atoms with Crippen LogP contribution in [0.4, 0.5) is 4.39 Å². The van der Waals surface area contributed by atoms with Crippen molar-refractivity contribution in [2.45, 2.75) is 86.7 Å². The number of carbonyl (C=O) groups is 1. The van der Waals surface area contributed by atoms with Crippen molar-refractivity contribution in [1.82, 2.24) is 10.2 Å². The summed E-state index contributed by atoms with van der Waals surface area (Å²) in [7, 11) is 0. The van der Waals surface area contributed by atoms with Crippen molar-refractivity contribution in [2.75, 3.05) is 6.61 Å². The molecule has 0 amide bonds. The van der Waals surface area contributed by atoms with Gasteiger partial charge >= 0.3 is 0 Å². The molecule has 6 nitrogen and oxygen atoms in total. The zero-order chi connectivity index (χ0) is 31.6. The predicted molar refractivity (Wildman–Crippen MR) is 171 cm³/mol. The maximum absolute atomic E-state index is 14.4. The highest BCUT2D eigenvalue weighted by Gasteiger charge is 2.30. The first kappa shape index (κ1) is 35.2. The Bertz CT molecular complexity index is 1320. The molecule has 0 fully saturated rings. The van der Waals surface area contributed by atoms with Crippen LogP contribution in [0, 0.1) is 23.7 Å². The third-order valence-electron chi connectivity index (χ3n) is 7.84. The summed E-state index contributed by atoms with van der Waals surface area (Å²) in [6.45, 7) is 20.2. The van der Waals surface area contributed by atoms with Crippen LogP contribution in [0.2, 0.25) is 5.02 Å². The Morgan fingerprint density at radius 3 is 2.43 bits per heavy atom. The number of benzene rings is 1. The largest absolute Gasteiger partial charge is 0.493 e. The minimum Gasteiger partial charge on any atom is -0.493 e. The lowest BCUT2D eigenvalue weighted by molar-refractivity contribution is -0.120. The number of nitrogens with one attached hydrogen (secondary N) is 1. The van der Waals surface area contributed by atoms with Gasteiger partial charge in [0, 0.05) is 22.4 Å². The molecule has 1 aromatic carbocycles. The van der Waals surface area contributed by atoms with Gasteiger partial charge in [-0.05, 0) is 87.6 Å². The molecule has 0 spiro atoms. The summed E-state index contributed by atoms with van der Waals surface area (Å²) in [6.07, 6.45) is 7.93. The average Bonchev–Trinajstić information content (AvgIpc) is 3.40. The highest BCUT2D eigenvalue weighted by atomic mass is 35.5. The molecular formula is C34H47ClFN3O3. The maximum Gasteiger partial charge on any atom is 0.218 e. The van der Waals surface area contributed by atoms with Gasteiger partial charge in [0.2, 0.25) is 5.95 Å². The summed E-state index contributed by atoms with van der Waals surface area (Å²) >= 11 is 6.18. The summed E-state index contributed by atoms with van der Waals surface area (Å²) in [5.41, 5.74) is 3.39. The second-order valence-electron chi connectivity index (χ2n) is 11.5. The lowest BCUT2D eigenvalue weighted by Gasteiger charge is -2.27. The highest BCUT2D eigenvalue weighted by molar-refractivity contribution is 6.30. The van der Waals surface area contributed by atoms with Gasteiger partial charge in [-0.25, -0.2) is 0 Å². The molecule has 2 unspecified atom stereocenters. The fourth-order valence-corrected chi connectivity index (χ4v) is 4.45. The number of aromatic nitrogens is 2. The molecule has 2 N–H and O–H groups in total. The van der Waals surface area contributed by atoms with Crippen molar-refractivity contribution in [1.29, 1.82) is 0 Å². The third kappa shape index (κ3) is 9.50. The molecule has 2 aromatic rings. The van der Waals surface area contributed by atoms with E-state index in [1.165, 1.54) is 6.20 Å². The minimum atomic E-state index is -0.524. The maximum atomic E-state index is 14.4. The van der Waals surface area contributed by atoms with Crippen molar-refractivity contribution in [3.8, 4) is 5.75 Å². The topological polar surface area (TPSA) is 87.6 Å². The van der Waals surface area contributed by atoms with Crippen LogP contribution in [0.15, 0.2) is 65.0 Å². The van der Waals surface area contributed by atoms with Crippen molar-refractivity contribution < 1.29 is 19.0 Å². The third-order valence-corrected chi connectivity index (χ3v) is 8.08. The number of hydrogen-bond donors (Lipinski definition) is 2. The van der Waals surface area contributed by atoms with Gasteiger partial charge in [0.15, 0.2) is 5.78 Å². The molecule has 8 heteroatoms. The predicted octanol–water partition coefficient (Wildman–Crippen LogP) is 8.46. The van der Waals surface area contributed by atoms with E-state index >= 15 is 0 Å². The first-order valence-electron chi connectivity index (χ1n) is 14.8. The molecular weight excluding hydrogens is 553 g/mol. The Morgan fingerprint density at radius 1 is 1.26 bits per heavy atom. The van der Waals surface area contributed by atoms with Crippen LogP contribution in [-0.2, 0) is 11.2 Å². The number of halogens is 2. The van der Waals surface area contributed by atoms with E-state index in [0.29, 0.717) is 33.9 Å². The minimum absolute atomic E-state index is 0.00998. The van der Waals surface area contributed by atoms with Crippen LogP contribution in [0.5, 0.6) is 5.75 Å². The Morgan fingerprint density at radius 2 is 1.90 bits per heavy atom. The SMILES string of the molecule is C=C(C(=C\N=C(c1cn[nH]c1F)C(C)CC)/C(=C\C)C(=O)[C@@H]1COc2ccc(Cl)cc2C1)C(C)CC.CCC(C)(C)O. The van der Waals surface area contributed by atoms with Gasteiger partial charge in [-0.15, -0.1) is 0 Å². The van der Waals surface area contributed by atoms with Crippen molar-refractivity contribution in [3.63, 3.8) is 0 Å². The van der Waals surface area contributed by atoms with Gasteiger partial charge in [-0.3, -0.25) is 14.9 Å². The normalized spacial score (nSPS) is 17.4. The van der Waals surface area contributed by atoms with Crippen LogP contribution >= 0.6 is 11.6 Å². The molecule has 42 heavy (non-hydrogen) atoms. The number of ketones is 1. The number of ether oxygens (including phenoxy) is 1. The number of nitrogens with zero attached hydrogens (tertiary/aromatic N) is 2. The first-order valence-corrected chi connectivity index (χ1v) is 15.2. The van der Waals surface area contributed by atoms with Crippen molar-refractivity contribution in [3.05, 3.63) is 82.1 Å². The van der Waals surface area contributed by atoms with E-state index in [0.717, 1.165) is 36.1 Å². The molecule has 0 saturated carbocycles. The smallest absolute Gasteiger partial charge is 0.218 e. The van der Waals surface area contributed by atoms with Crippen molar-refractivity contribution >= 4 is 23.1 Å². The van der Waals surface area contributed by atoms with E-state index in [4.69, 9.17) is 26.4 Å². The molecule has 1 aromatic heterocycles. The molecule has 0 saturated heterocycles. The number of H-pyrrole nitrogens is 1. The number of carbonyl (C=O) groups excluding carboxylic acids is 1. The zero-order valence-electron chi connectivity index (χ0n) is 26.4. The number of aromatic amines is 1. The van der Waals surface area contributed by atoms with Gasteiger partial charge in [0.25, 0.3) is 0 Å². The molecule has 0 aliphatic carbocycles. The monoisotopic (exact) mass is 599 g/mol. The number of Topliss-reactive ketones (excluding diaryl/α,β-unsaturated/α-hetero) is 1. The van der Waals surface area contributed by atoms with Crippen LogP contribution in [0.3, 0.4) is 0 Å². The van der Waals surface area contributed by atoms with Crippen LogP contribution < -0.4 is 4.74 Å². The molecule has 1 aliphatic heterocycles. The van der Waals surface area contributed by atoms with Crippen LogP contribution in [0.25, 0.3) is 0 Å². The molecule has 0 radical (unpaired) electrons. The summed E-state index contributed by atoms with van der Waals surface area (Å²) < 4.78 is 20.3. The number of aliphatic hydroxyl groups is 1. The van der Waals surface area contributed by atoms with E-state index in [2.05, 4.69) is 30.6 Å². The summed E-state index contributed by atoms with van der Waals surface area (Å²) in [5, 5.41) is 15.6. The van der Waals surface area contributed by atoms with E-state index in [9.17, 15) is 9.18 Å². The highest BCUT2D eigenvalue weighted by Crippen LogP contribution is 2.34. The standard InChI is InChI=1S/C29H35ClFN3O2.C5H12O/c1-7-17(4)19(6)24(14-32-27(18(5)8-2)25-15-33-34-29(25)31)23(9-3)28(35)21-12-20-13-22(30)10-11-26(20)36-16-21;1-4-5(2,3)6/h9-11,13-15,17-18,21H,6-8,12,16H2,1-5H3,(H,33,34);6H,4H2,1-3H3/b23-9+,24-14+,32-27?;/t17?,18?,21-;/m0./s1. The van der Waals surface area contributed by atoms with Gasteiger partial charge < -0.3 is 9.84 Å². The summed E-state index contributed by atoms with van der Waals surface area (Å²) in [6, 6.07) is 5.47. The Hall–Kier alpha value is -3.03. The van der Waals surface area contributed by atoms with E-state index in [-0.39, 0.29) is 30.1 Å². The van der Waals surface area contributed by atoms with Gasteiger partial charge in [0.1, 0.15) is 5.75 Å². The van der Waals surface area contributed by atoms with Gasteiger partial charge in [-0.1, -0.05) is 58.9 Å². The number of fused-ring (bicyclic) bond motifs is 1. The Kier molecular flexibility index (Phi) is 13.4. The number of hydrogen-bond acceptors (Lipinski definition) is 5. The lowest BCUT2D eigenvalue weighted by atomic mass is 9.82. The number of aliphatic imine (C=N–C) groups is 1. The average molecular weight is 600 g/mol. The first-order chi connectivity index (χ1) is 19.8. The van der Waals surface area contributed by atoms with E-state index in [1.54, 1.807) is 26.1 Å². The second-order valence-corrected chi connectivity index (χ2v) is 11.9. The molecule has 230 valence electrons. The van der Waals surface area contributed by atoms with Crippen LogP contribution in [0.1, 0.15) is 85.8 Å². The molecule has 2 heterocycles. The molecule has 1 aliphatic rings. The second kappa shape index (κ2) is 16.0. The molecule has 0 bridgehead atoms. The fourth-order valence-electron chi connectivity index (χ4n) is 4.26. The summed E-state index contributed by atoms with van der Waals surface area (Å²) in [4.78, 5) is 18.5. The van der Waals surface area contributed by atoms with Gasteiger partial charge in [-0.2, -0.15) is 9.49 Å². The quantitative estimate of drug-likeness (QED) is 0.154. The fraction of sp³-hybridized carbons (Fsp3) is 0.500. The Labute approximate surface area is 255 Å². The van der Waals surface area contributed by atoms with Crippen LogP contribution in [-0.4, -0.2) is 39.0 Å². The molecule has 3 rings (SSSR count). The zero-order valence-corrected chi connectivity index (χ0v) is 27.1.